The lowest BCUT2D eigenvalue weighted by Crippen LogP contribution is -2.26. The van der Waals surface area contributed by atoms with Crippen molar-refractivity contribution in [3.63, 3.8) is 0 Å². The maximum Gasteiger partial charge on any atom is 0.252 e. The largest absolute Gasteiger partial charge is 0.325 e. The monoisotopic (exact) mass is 393 g/mol. The summed E-state index contributed by atoms with van der Waals surface area (Å²) in [6.45, 7) is 5.89. The van der Waals surface area contributed by atoms with Gasteiger partial charge in [0.1, 0.15) is 0 Å². The molecule has 3 rings (SSSR count). The van der Waals surface area contributed by atoms with Crippen LogP contribution in [0.25, 0.3) is 11.3 Å². The third kappa shape index (κ3) is 4.70. The Labute approximate surface area is 168 Å². The standard InChI is InChI=1S/C22H23N3O2S/c1-4-18(21(27)25-20-14(2)9-8-10-15(20)3)28-22-23-17(13-19(26)24-22)16-11-6-5-7-12-16/h5-13,18H,4H2,1-3H3,(H,25,27)(H,23,24,26). The van der Waals surface area contributed by atoms with Crippen LogP contribution in [0.1, 0.15) is 24.5 Å². The molecule has 0 radical (unpaired) electrons. The molecule has 6 heteroatoms. The van der Waals surface area contributed by atoms with Gasteiger partial charge in [0.15, 0.2) is 5.16 Å². The van der Waals surface area contributed by atoms with Crippen molar-refractivity contribution in [1.29, 1.82) is 0 Å². The van der Waals surface area contributed by atoms with E-state index in [0.717, 1.165) is 22.4 Å². The van der Waals surface area contributed by atoms with E-state index in [1.165, 1.54) is 17.8 Å². The first-order valence-corrected chi connectivity index (χ1v) is 10.1. The highest BCUT2D eigenvalue weighted by atomic mass is 32.2. The lowest BCUT2D eigenvalue weighted by molar-refractivity contribution is -0.115. The van der Waals surface area contributed by atoms with Gasteiger partial charge in [-0.3, -0.25) is 9.59 Å². The van der Waals surface area contributed by atoms with E-state index in [1.54, 1.807) is 0 Å². The Kier molecular flexibility index (Phi) is 6.31. The van der Waals surface area contributed by atoms with Gasteiger partial charge in [-0.05, 0) is 31.4 Å². The van der Waals surface area contributed by atoms with Crippen LogP contribution < -0.4 is 10.9 Å². The Bertz CT molecular complexity index is 1010. The minimum Gasteiger partial charge on any atom is -0.325 e. The molecule has 2 aromatic carbocycles. The second-order valence-corrected chi connectivity index (χ2v) is 7.76. The molecule has 0 aliphatic rings. The molecule has 1 amide bonds. The first-order valence-electron chi connectivity index (χ1n) is 9.18. The number of carbonyl (C=O) groups is 1. The number of aromatic nitrogens is 2. The topological polar surface area (TPSA) is 74.8 Å². The molecular weight excluding hydrogens is 370 g/mol. The predicted molar refractivity (Wildman–Crippen MR) is 115 cm³/mol. The number of carbonyl (C=O) groups excluding carboxylic acids is 1. The van der Waals surface area contributed by atoms with E-state index in [2.05, 4.69) is 15.3 Å². The molecule has 0 aliphatic heterocycles. The van der Waals surface area contributed by atoms with Crippen LogP contribution in [0.2, 0.25) is 0 Å². The average molecular weight is 394 g/mol. The molecule has 1 aromatic heterocycles. The highest BCUT2D eigenvalue weighted by Gasteiger charge is 2.21. The van der Waals surface area contributed by atoms with Gasteiger partial charge >= 0.3 is 0 Å². The normalized spacial score (nSPS) is 11.8. The molecule has 0 spiro atoms. The number of nitrogens with one attached hydrogen (secondary N) is 2. The summed E-state index contributed by atoms with van der Waals surface area (Å²) in [5.41, 5.74) is 4.10. The highest BCUT2D eigenvalue weighted by molar-refractivity contribution is 8.00. The summed E-state index contributed by atoms with van der Waals surface area (Å²) < 4.78 is 0. The molecule has 2 N–H and O–H groups in total. The van der Waals surface area contributed by atoms with Crippen LogP contribution in [0.15, 0.2) is 64.5 Å². The second-order valence-electron chi connectivity index (χ2n) is 6.57. The van der Waals surface area contributed by atoms with Gasteiger partial charge in [0, 0.05) is 17.3 Å². The van der Waals surface area contributed by atoms with Crippen LogP contribution in [-0.2, 0) is 4.79 Å². The van der Waals surface area contributed by atoms with E-state index in [0.29, 0.717) is 17.3 Å². The second kappa shape index (κ2) is 8.89. The van der Waals surface area contributed by atoms with E-state index in [-0.39, 0.29) is 16.7 Å². The van der Waals surface area contributed by atoms with Crippen LogP contribution >= 0.6 is 11.8 Å². The number of benzene rings is 2. The molecule has 0 bridgehead atoms. The number of amides is 1. The molecule has 28 heavy (non-hydrogen) atoms. The number of hydrogen-bond donors (Lipinski definition) is 2. The van der Waals surface area contributed by atoms with Crippen molar-refractivity contribution in [1.82, 2.24) is 9.97 Å². The molecular formula is C22H23N3O2S. The number of nitrogens with zero attached hydrogens (tertiary/aromatic N) is 1. The van der Waals surface area contributed by atoms with Crippen LogP contribution in [0.3, 0.4) is 0 Å². The van der Waals surface area contributed by atoms with Crippen molar-refractivity contribution in [2.45, 2.75) is 37.6 Å². The minimum absolute atomic E-state index is 0.0994. The van der Waals surface area contributed by atoms with E-state index in [1.807, 2.05) is 69.3 Å². The van der Waals surface area contributed by atoms with Crippen molar-refractivity contribution >= 4 is 23.4 Å². The van der Waals surface area contributed by atoms with Gasteiger partial charge in [0.2, 0.25) is 5.91 Å². The van der Waals surface area contributed by atoms with Crippen LogP contribution in [0.4, 0.5) is 5.69 Å². The number of aryl methyl sites for hydroxylation is 2. The molecule has 0 fully saturated rings. The molecule has 0 aliphatic carbocycles. The van der Waals surface area contributed by atoms with Crippen molar-refractivity contribution < 1.29 is 4.79 Å². The molecule has 1 atom stereocenters. The zero-order valence-electron chi connectivity index (χ0n) is 16.2. The quantitative estimate of drug-likeness (QED) is 0.475. The summed E-state index contributed by atoms with van der Waals surface area (Å²) in [7, 11) is 0. The van der Waals surface area contributed by atoms with Gasteiger partial charge in [0.05, 0.1) is 10.9 Å². The summed E-state index contributed by atoms with van der Waals surface area (Å²) in [5, 5.41) is 3.10. The lowest BCUT2D eigenvalue weighted by Gasteiger charge is -2.17. The van der Waals surface area contributed by atoms with Gasteiger partial charge in [-0.25, -0.2) is 4.98 Å². The van der Waals surface area contributed by atoms with Crippen molar-refractivity contribution in [2.75, 3.05) is 5.32 Å². The number of thioether (sulfide) groups is 1. The Morgan fingerprint density at radius 2 is 1.79 bits per heavy atom. The van der Waals surface area contributed by atoms with E-state index in [4.69, 9.17) is 0 Å². The highest BCUT2D eigenvalue weighted by Crippen LogP contribution is 2.26. The summed E-state index contributed by atoms with van der Waals surface area (Å²) in [6, 6.07) is 16.9. The smallest absolute Gasteiger partial charge is 0.252 e. The Morgan fingerprint density at radius 3 is 2.43 bits per heavy atom. The Balaban J connectivity index is 1.82. The average Bonchev–Trinajstić information content (AvgIpc) is 2.69. The predicted octanol–water partition coefficient (Wildman–Crippen LogP) is 4.56. The van der Waals surface area contributed by atoms with Crippen molar-refractivity contribution in [2.24, 2.45) is 0 Å². The first kappa shape index (κ1) is 19.9. The van der Waals surface area contributed by atoms with Crippen molar-refractivity contribution in [3.05, 3.63) is 76.1 Å². The van der Waals surface area contributed by atoms with E-state index < -0.39 is 0 Å². The molecule has 5 nitrogen and oxygen atoms in total. The fourth-order valence-electron chi connectivity index (χ4n) is 2.92. The Morgan fingerprint density at radius 1 is 1.11 bits per heavy atom. The molecule has 3 aromatic rings. The molecule has 1 unspecified atom stereocenters. The number of hydrogen-bond acceptors (Lipinski definition) is 4. The number of rotatable bonds is 6. The Hall–Kier alpha value is -2.86. The number of aromatic amines is 1. The maximum absolute atomic E-state index is 12.8. The maximum atomic E-state index is 12.8. The van der Waals surface area contributed by atoms with Gasteiger partial charge in [-0.15, -0.1) is 0 Å². The molecule has 0 saturated carbocycles. The summed E-state index contributed by atoms with van der Waals surface area (Å²) >= 11 is 1.27. The van der Waals surface area contributed by atoms with E-state index in [9.17, 15) is 9.59 Å². The zero-order valence-corrected chi connectivity index (χ0v) is 17.0. The van der Waals surface area contributed by atoms with Crippen LogP contribution in [-0.4, -0.2) is 21.1 Å². The van der Waals surface area contributed by atoms with Gasteiger partial charge in [-0.2, -0.15) is 0 Å². The lowest BCUT2D eigenvalue weighted by atomic mass is 10.1. The first-order chi connectivity index (χ1) is 13.5. The fraction of sp³-hybridized carbons (Fsp3) is 0.227. The fourth-order valence-corrected chi connectivity index (χ4v) is 3.83. The zero-order chi connectivity index (χ0) is 20.1. The molecule has 0 saturated heterocycles. The summed E-state index contributed by atoms with van der Waals surface area (Å²) in [4.78, 5) is 32.2. The third-order valence-electron chi connectivity index (χ3n) is 4.44. The van der Waals surface area contributed by atoms with Crippen molar-refractivity contribution in [3.8, 4) is 11.3 Å². The van der Waals surface area contributed by atoms with Gasteiger partial charge in [-0.1, -0.05) is 67.2 Å². The SMILES string of the molecule is CCC(Sc1nc(-c2ccccc2)cc(=O)[nH]1)C(=O)Nc1c(C)cccc1C. The summed E-state index contributed by atoms with van der Waals surface area (Å²) in [5.74, 6) is -0.0994. The number of H-pyrrole nitrogens is 1. The van der Waals surface area contributed by atoms with Gasteiger partial charge < -0.3 is 10.3 Å². The third-order valence-corrected chi connectivity index (χ3v) is 5.68. The van der Waals surface area contributed by atoms with Gasteiger partial charge in [0.25, 0.3) is 5.56 Å². The molecule has 1 heterocycles. The number of para-hydroxylation sites is 1. The summed E-state index contributed by atoms with van der Waals surface area (Å²) in [6.07, 6.45) is 0.612. The van der Waals surface area contributed by atoms with E-state index >= 15 is 0 Å². The van der Waals surface area contributed by atoms with Crippen LogP contribution in [0.5, 0.6) is 0 Å². The number of anilines is 1. The minimum atomic E-state index is -0.367. The van der Waals surface area contributed by atoms with Crippen LogP contribution in [0, 0.1) is 13.8 Å². The molecule has 144 valence electrons.